The minimum atomic E-state index is -0.497. The highest BCUT2D eigenvalue weighted by Crippen LogP contribution is 2.49. The molecule has 15 aromatic carbocycles. The van der Waals surface area contributed by atoms with Gasteiger partial charge in [-0.3, -0.25) is 0 Å². The molecule has 24 rings (SSSR count). The topological polar surface area (TPSA) is 121 Å². The minimum absolute atomic E-state index is 0.355. The van der Waals surface area contributed by atoms with E-state index in [0.717, 1.165) is 159 Å². The highest BCUT2D eigenvalue weighted by atomic mass is 32.1. The van der Waals surface area contributed by atoms with E-state index in [9.17, 15) is 0 Å². The molecular weight excluding hydrogens is 1470 g/mol. The number of thiophene rings is 1. The van der Waals surface area contributed by atoms with Gasteiger partial charge in [-0.2, -0.15) is 0 Å². The first-order chi connectivity index (χ1) is 56.4. The van der Waals surface area contributed by atoms with Gasteiger partial charge in [-0.05, 0) is 227 Å². The number of hydrogen-bond donors (Lipinski definition) is 0. The maximum absolute atomic E-state index is 6.73. The van der Waals surface area contributed by atoms with Crippen LogP contribution in [0.4, 0.5) is 0 Å². The molecule has 570 valence electrons. The van der Waals surface area contributed by atoms with Crippen molar-refractivity contribution in [3.05, 3.63) is 273 Å². The van der Waals surface area contributed by atoms with Crippen molar-refractivity contribution in [3.8, 4) is 33.4 Å². The van der Waals surface area contributed by atoms with E-state index in [1.165, 1.54) is 52.8 Å². The Balaban J connectivity index is 0.000000106. The number of fused-ring (bicyclic) bond motifs is 21. The summed E-state index contributed by atoms with van der Waals surface area (Å²) < 4.78 is 72.8. The van der Waals surface area contributed by atoms with Crippen molar-refractivity contribution in [1.82, 2.24) is 0 Å². The van der Waals surface area contributed by atoms with Gasteiger partial charge in [0.2, 0.25) is 0 Å². The van der Waals surface area contributed by atoms with E-state index in [1.54, 1.807) is 0 Å². The summed E-state index contributed by atoms with van der Waals surface area (Å²) in [6.45, 7) is 25.0. The number of benzene rings is 15. The molecule has 3 saturated heterocycles. The SMILES string of the molecule is CC1(C)OB(c2ccc3c(c2)sc2cc(-c4cccc5oc6cc7ccccc7cc6c45)ccc23)OC1(C)C.CC1(C)OB(c2cccc3c2oc2c(-c4cccc5cc6oc7ccccc7c6cc45)cccc23)OC1(C)C.CC1(C)OB(c2cccc3oc4cc(-c5c6ccccc6cc6oc7ccccc7c56)ccc4c23)OC1(C)C. The Labute approximate surface area is 679 Å². The van der Waals surface area contributed by atoms with Gasteiger partial charge in [-0.25, -0.2) is 0 Å². The van der Waals surface area contributed by atoms with Crippen LogP contribution in [0.1, 0.15) is 83.1 Å². The van der Waals surface area contributed by atoms with Gasteiger partial charge in [0.1, 0.15) is 55.8 Å². The molecule has 15 heteroatoms. The Hall–Kier alpha value is -11.7. The van der Waals surface area contributed by atoms with E-state index < -0.39 is 36.6 Å². The summed E-state index contributed by atoms with van der Waals surface area (Å²) in [4.78, 5) is 0. The Kier molecular flexibility index (Phi) is 15.9. The molecule has 9 heterocycles. The summed E-state index contributed by atoms with van der Waals surface area (Å²) in [6.07, 6.45) is 0. The van der Waals surface area contributed by atoms with Crippen LogP contribution in [0.3, 0.4) is 0 Å². The number of hydrogen-bond acceptors (Lipinski definition) is 12. The zero-order valence-electron chi connectivity index (χ0n) is 67.1. The van der Waals surface area contributed by atoms with Gasteiger partial charge in [-0.1, -0.05) is 194 Å². The lowest BCUT2D eigenvalue weighted by atomic mass is 9.76. The molecule has 21 aromatic rings. The van der Waals surface area contributed by atoms with Crippen molar-refractivity contribution in [2.24, 2.45) is 0 Å². The highest BCUT2D eigenvalue weighted by molar-refractivity contribution is 7.26. The standard InChI is InChI=1S/2C34H27BO4.C34H27BO3S/c1-33(2)34(3,4)39-35(38-33)28-16-9-15-25-24-14-8-13-23(31(24)37-32(25)28)21-12-7-10-20-18-30-27(19-26(20)21)22-11-5-6-17-29(22)36-30;1-33(2)34(3,4)39-35(38-33)25-13-9-15-27-31(25)24-17-16-21(19-28(24)37-27)30-22-11-6-5-10-20(22)18-29-32(30)23-12-7-8-14-26(23)36-29;1-33(2)34(3,4)38-35(37-33)23-13-15-26-25-14-12-22(18-30(25)39-31(26)19-23)24-10-7-11-28-32(24)27-16-20-8-5-6-9-21(20)17-29(27)36-28/h3*5-19H,1-4H3. The first kappa shape index (κ1) is 71.8. The molecule has 3 aliphatic heterocycles. The average Bonchev–Trinajstić information content (AvgIpc) is 1.59. The fourth-order valence-corrected chi connectivity index (χ4v) is 19.0. The second-order valence-corrected chi connectivity index (χ2v) is 35.9. The highest BCUT2D eigenvalue weighted by Gasteiger charge is 2.55. The van der Waals surface area contributed by atoms with Gasteiger partial charge in [0.05, 0.1) is 33.6 Å². The smallest absolute Gasteiger partial charge is 0.456 e. The fraction of sp³-hybridized carbons (Fsp3) is 0.176. The van der Waals surface area contributed by atoms with Crippen molar-refractivity contribution in [2.75, 3.05) is 0 Å². The summed E-state index contributed by atoms with van der Waals surface area (Å²) in [5.74, 6) is 0. The third-order valence-electron chi connectivity index (χ3n) is 26.1. The molecule has 0 spiro atoms. The molecule has 6 aromatic heterocycles. The molecule has 0 radical (unpaired) electrons. The molecule has 3 aliphatic rings. The monoisotopic (exact) mass is 1550 g/mol. The zero-order chi connectivity index (χ0) is 79.6. The Bertz CT molecular complexity index is 7690. The van der Waals surface area contributed by atoms with Gasteiger partial charge in [0, 0.05) is 90.6 Å². The van der Waals surface area contributed by atoms with Crippen LogP contribution >= 0.6 is 11.3 Å². The molecule has 0 amide bonds. The van der Waals surface area contributed by atoms with Crippen LogP contribution in [-0.4, -0.2) is 55.0 Å². The summed E-state index contributed by atoms with van der Waals surface area (Å²) in [6, 6.07) is 95.8. The molecular formula is C102H81B3O11S. The van der Waals surface area contributed by atoms with E-state index in [4.69, 9.17) is 50.0 Å². The zero-order valence-corrected chi connectivity index (χ0v) is 67.9. The maximum atomic E-state index is 6.73. The Morgan fingerprint density at radius 1 is 0.231 bits per heavy atom. The largest absolute Gasteiger partial charge is 0.498 e. The normalized spacial score (nSPS) is 16.9. The van der Waals surface area contributed by atoms with Crippen LogP contribution in [0.15, 0.2) is 295 Å². The summed E-state index contributed by atoms with van der Waals surface area (Å²) in [5, 5.41) is 20.6. The molecule has 0 atom stereocenters. The van der Waals surface area contributed by atoms with Gasteiger partial charge < -0.3 is 50.0 Å². The van der Waals surface area contributed by atoms with Gasteiger partial charge in [0.15, 0.2) is 0 Å². The quantitative estimate of drug-likeness (QED) is 0.148. The Morgan fingerprint density at radius 2 is 0.675 bits per heavy atom. The number of furan rings is 5. The van der Waals surface area contributed by atoms with Crippen LogP contribution in [-0.2, 0) is 27.9 Å². The molecule has 3 fully saturated rings. The van der Waals surface area contributed by atoms with E-state index in [0.29, 0.717) is 0 Å². The number of rotatable bonds is 6. The van der Waals surface area contributed by atoms with Gasteiger partial charge in [-0.15, -0.1) is 11.3 Å². The third-order valence-corrected chi connectivity index (χ3v) is 27.3. The van der Waals surface area contributed by atoms with Gasteiger partial charge >= 0.3 is 21.4 Å². The van der Waals surface area contributed by atoms with E-state index in [1.807, 2.05) is 53.8 Å². The molecule has 0 saturated carbocycles. The molecule has 0 bridgehead atoms. The minimum Gasteiger partial charge on any atom is -0.456 e. The molecule has 0 aliphatic carbocycles. The van der Waals surface area contributed by atoms with Crippen LogP contribution < -0.4 is 16.4 Å². The van der Waals surface area contributed by atoms with Gasteiger partial charge in [0.25, 0.3) is 0 Å². The van der Waals surface area contributed by atoms with Crippen LogP contribution in [0.25, 0.3) is 196 Å². The predicted molar refractivity (Wildman–Crippen MR) is 485 cm³/mol. The lowest BCUT2D eigenvalue weighted by Crippen LogP contribution is -2.41. The lowest BCUT2D eigenvalue weighted by Gasteiger charge is -2.32. The Morgan fingerprint density at radius 3 is 1.40 bits per heavy atom. The van der Waals surface area contributed by atoms with E-state index >= 15 is 0 Å². The van der Waals surface area contributed by atoms with Crippen LogP contribution in [0.5, 0.6) is 0 Å². The predicted octanol–water partition coefficient (Wildman–Crippen LogP) is 26.3. The molecule has 0 N–H and O–H groups in total. The molecule has 11 nitrogen and oxygen atoms in total. The van der Waals surface area contributed by atoms with E-state index in [-0.39, 0.29) is 18.3 Å². The van der Waals surface area contributed by atoms with Crippen molar-refractivity contribution in [1.29, 1.82) is 0 Å². The van der Waals surface area contributed by atoms with Crippen molar-refractivity contribution in [2.45, 2.75) is 117 Å². The summed E-state index contributed by atoms with van der Waals surface area (Å²) >= 11 is 1.82. The second-order valence-electron chi connectivity index (χ2n) is 34.8. The van der Waals surface area contributed by atoms with Crippen molar-refractivity contribution < 1.29 is 50.0 Å². The fourth-order valence-electron chi connectivity index (χ4n) is 17.8. The molecule has 117 heavy (non-hydrogen) atoms. The van der Waals surface area contributed by atoms with Crippen molar-refractivity contribution in [3.63, 3.8) is 0 Å². The third kappa shape index (κ3) is 11.3. The second kappa shape index (κ2) is 25.9. The summed E-state index contributed by atoms with van der Waals surface area (Å²) in [7, 11) is -1.32. The maximum Gasteiger partial charge on any atom is 0.498 e. The summed E-state index contributed by atoms with van der Waals surface area (Å²) in [5.41, 5.74) is 16.1. The first-order valence-electron chi connectivity index (χ1n) is 40.3. The lowest BCUT2D eigenvalue weighted by molar-refractivity contribution is 0.00578. The number of para-hydroxylation sites is 4. The van der Waals surface area contributed by atoms with Crippen LogP contribution in [0.2, 0.25) is 0 Å². The molecule has 0 unspecified atom stereocenters. The average molecular weight is 1550 g/mol. The van der Waals surface area contributed by atoms with E-state index in [2.05, 4.69) is 314 Å². The van der Waals surface area contributed by atoms with Crippen LogP contribution in [0, 0.1) is 0 Å². The van der Waals surface area contributed by atoms with Crippen molar-refractivity contribution >= 4 is 211 Å². The first-order valence-corrected chi connectivity index (χ1v) is 41.2.